The minimum atomic E-state index is -0.443. The predicted octanol–water partition coefficient (Wildman–Crippen LogP) is 4.59. The molecule has 0 bridgehead atoms. The number of hydrogen-bond donors (Lipinski definition) is 1. The molecule has 0 radical (unpaired) electrons. The van der Waals surface area contributed by atoms with Crippen LogP contribution >= 0.6 is 0 Å². The van der Waals surface area contributed by atoms with Gasteiger partial charge in [0.25, 0.3) is 0 Å². The molecule has 0 atom stereocenters. The molecule has 1 aromatic rings. The van der Waals surface area contributed by atoms with Gasteiger partial charge in [0.1, 0.15) is 5.60 Å². The maximum Gasteiger partial charge on any atom is 0.407 e. The SMILES string of the molecule is CCCC1(CNC(=O)OC(C)(C)C)CCN(Cc2ccccc2)CC1. The Balaban J connectivity index is 1.86. The predicted molar refractivity (Wildman–Crippen MR) is 103 cm³/mol. The zero-order valence-electron chi connectivity index (χ0n) is 16.3. The number of rotatable bonds is 6. The van der Waals surface area contributed by atoms with Crippen LogP contribution in [0.25, 0.3) is 0 Å². The molecule has 0 unspecified atom stereocenters. The molecule has 0 spiro atoms. The number of likely N-dealkylation sites (tertiary alicyclic amines) is 1. The summed E-state index contributed by atoms with van der Waals surface area (Å²) in [6.07, 6.45) is 4.26. The second-order valence-electron chi connectivity index (χ2n) is 8.37. The van der Waals surface area contributed by atoms with Crippen LogP contribution in [0.3, 0.4) is 0 Å². The first-order valence-electron chi connectivity index (χ1n) is 9.55. The highest BCUT2D eigenvalue weighted by Crippen LogP contribution is 2.36. The molecular weight excluding hydrogens is 312 g/mol. The molecular formula is C21H34N2O2. The lowest BCUT2D eigenvalue weighted by Crippen LogP contribution is -2.46. The van der Waals surface area contributed by atoms with Crippen LogP contribution in [-0.4, -0.2) is 36.2 Å². The van der Waals surface area contributed by atoms with Crippen molar-refractivity contribution in [1.82, 2.24) is 10.2 Å². The largest absolute Gasteiger partial charge is 0.444 e. The fourth-order valence-corrected chi connectivity index (χ4v) is 3.65. The molecule has 140 valence electrons. The summed E-state index contributed by atoms with van der Waals surface area (Å²) in [5.74, 6) is 0. The lowest BCUT2D eigenvalue weighted by Gasteiger charge is -2.42. The van der Waals surface area contributed by atoms with Gasteiger partial charge in [-0.2, -0.15) is 0 Å². The molecule has 1 N–H and O–H groups in total. The maximum absolute atomic E-state index is 12.0. The van der Waals surface area contributed by atoms with Crippen LogP contribution in [0.5, 0.6) is 0 Å². The van der Waals surface area contributed by atoms with Gasteiger partial charge >= 0.3 is 6.09 Å². The molecule has 0 saturated carbocycles. The smallest absolute Gasteiger partial charge is 0.407 e. The number of carbonyl (C=O) groups is 1. The zero-order chi connectivity index (χ0) is 18.3. The van der Waals surface area contributed by atoms with Crippen molar-refractivity contribution >= 4 is 6.09 Å². The van der Waals surface area contributed by atoms with E-state index in [1.807, 2.05) is 20.8 Å². The average molecular weight is 347 g/mol. The Morgan fingerprint density at radius 3 is 2.40 bits per heavy atom. The van der Waals surface area contributed by atoms with Crippen molar-refractivity contribution in [3.8, 4) is 0 Å². The molecule has 0 aromatic heterocycles. The number of alkyl carbamates (subject to hydrolysis) is 1. The molecule has 1 aliphatic rings. The van der Waals surface area contributed by atoms with E-state index < -0.39 is 5.60 Å². The summed E-state index contributed by atoms with van der Waals surface area (Å²) in [4.78, 5) is 14.5. The van der Waals surface area contributed by atoms with E-state index in [0.29, 0.717) is 0 Å². The van der Waals surface area contributed by atoms with Gasteiger partial charge in [-0.05, 0) is 64.1 Å². The number of carbonyl (C=O) groups excluding carboxylic acids is 1. The van der Waals surface area contributed by atoms with Crippen LogP contribution < -0.4 is 5.32 Å². The number of ether oxygens (including phenoxy) is 1. The molecule has 1 amide bonds. The normalized spacial score (nSPS) is 17.9. The number of nitrogens with one attached hydrogen (secondary N) is 1. The Hall–Kier alpha value is -1.55. The van der Waals surface area contributed by atoms with Crippen LogP contribution in [0.4, 0.5) is 4.79 Å². The van der Waals surface area contributed by atoms with Gasteiger partial charge in [-0.15, -0.1) is 0 Å². The first-order valence-corrected chi connectivity index (χ1v) is 9.55. The fraction of sp³-hybridized carbons (Fsp3) is 0.667. The summed E-state index contributed by atoms with van der Waals surface area (Å²) in [6.45, 7) is 11.8. The summed E-state index contributed by atoms with van der Waals surface area (Å²) in [5, 5.41) is 3.02. The topological polar surface area (TPSA) is 41.6 Å². The summed E-state index contributed by atoms with van der Waals surface area (Å²) in [5.41, 5.74) is 1.14. The van der Waals surface area contributed by atoms with E-state index in [1.54, 1.807) is 0 Å². The fourth-order valence-electron chi connectivity index (χ4n) is 3.65. The summed E-state index contributed by atoms with van der Waals surface area (Å²) < 4.78 is 5.39. The van der Waals surface area contributed by atoms with Crippen LogP contribution in [0.2, 0.25) is 0 Å². The van der Waals surface area contributed by atoms with Crippen LogP contribution in [-0.2, 0) is 11.3 Å². The van der Waals surface area contributed by atoms with Crippen molar-refractivity contribution in [3.05, 3.63) is 35.9 Å². The Morgan fingerprint density at radius 2 is 1.84 bits per heavy atom. The molecule has 25 heavy (non-hydrogen) atoms. The van der Waals surface area contributed by atoms with Crippen molar-refractivity contribution in [2.75, 3.05) is 19.6 Å². The van der Waals surface area contributed by atoms with Crippen molar-refractivity contribution in [2.24, 2.45) is 5.41 Å². The highest BCUT2D eigenvalue weighted by Gasteiger charge is 2.34. The number of nitrogens with zero attached hydrogens (tertiary/aromatic N) is 1. The molecule has 2 rings (SSSR count). The summed E-state index contributed by atoms with van der Waals surface area (Å²) >= 11 is 0. The van der Waals surface area contributed by atoms with Gasteiger partial charge in [0.2, 0.25) is 0 Å². The first-order chi connectivity index (χ1) is 11.8. The first kappa shape index (κ1) is 19.8. The lowest BCUT2D eigenvalue weighted by molar-refractivity contribution is 0.0432. The molecule has 1 aliphatic heterocycles. The van der Waals surface area contributed by atoms with E-state index in [0.717, 1.165) is 51.9 Å². The van der Waals surface area contributed by atoms with E-state index in [-0.39, 0.29) is 11.5 Å². The maximum atomic E-state index is 12.0. The van der Waals surface area contributed by atoms with Gasteiger partial charge in [-0.1, -0.05) is 43.7 Å². The number of amides is 1. The minimum absolute atomic E-state index is 0.207. The molecule has 1 heterocycles. The average Bonchev–Trinajstić information content (AvgIpc) is 2.55. The van der Waals surface area contributed by atoms with Gasteiger partial charge in [-0.3, -0.25) is 4.90 Å². The highest BCUT2D eigenvalue weighted by molar-refractivity contribution is 5.67. The third kappa shape index (κ3) is 6.69. The Morgan fingerprint density at radius 1 is 1.20 bits per heavy atom. The summed E-state index contributed by atoms with van der Waals surface area (Å²) in [6, 6.07) is 10.7. The van der Waals surface area contributed by atoms with Gasteiger partial charge in [-0.25, -0.2) is 4.79 Å². The summed E-state index contributed by atoms with van der Waals surface area (Å²) in [7, 11) is 0. The van der Waals surface area contributed by atoms with Crippen molar-refractivity contribution in [1.29, 1.82) is 0 Å². The monoisotopic (exact) mass is 346 g/mol. The van der Waals surface area contributed by atoms with E-state index >= 15 is 0 Å². The van der Waals surface area contributed by atoms with E-state index in [1.165, 1.54) is 5.56 Å². The van der Waals surface area contributed by atoms with E-state index in [2.05, 4.69) is 47.5 Å². The molecule has 0 aliphatic carbocycles. The standard InChI is InChI=1S/C21H34N2O2/c1-5-11-21(17-22-19(24)25-20(2,3)4)12-14-23(15-13-21)16-18-9-7-6-8-10-18/h6-10H,5,11-17H2,1-4H3,(H,22,24). The second-order valence-corrected chi connectivity index (χ2v) is 8.37. The Kier molecular flexibility index (Phi) is 6.88. The molecule has 4 nitrogen and oxygen atoms in total. The number of piperidine rings is 1. The minimum Gasteiger partial charge on any atom is -0.444 e. The van der Waals surface area contributed by atoms with Gasteiger partial charge < -0.3 is 10.1 Å². The number of hydrogen-bond acceptors (Lipinski definition) is 3. The molecule has 4 heteroatoms. The Labute approximate surface area is 152 Å². The second kappa shape index (κ2) is 8.70. The number of benzene rings is 1. The van der Waals surface area contributed by atoms with Gasteiger partial charge in [0, 0.05) is 13.1 Å². The van der Waals surface area contributed by atoms with Crippen molar-refractivity contribution in [2.45, 2.75) is 65.5 Å². The van der Waals surface area contributed by atoms with E-state index in [4.69, 9.17) is 4.74 Å². The third-order valence-electron chi connectivity index (χ3n) is 4.95. The van der Waals surface area contributed by atoms with Crippen LogP contribution in [0.15, 0.2) is 30.3 Å². The molecule has 1 fully saturated rings. The molecule has 1 aromatic carbocycles. The molecule has 1 saturated heterocycles. The van der Waals surface area contributed by atoms with Crippen molar-refractivity contribution < 1.29 is 9.53 Å². The van der Waals surface area contributed by atoms with Gasteiger partial charge in [0.15, 0.2) is 0 Å². The quantitative estimate of drug-likeness (QED) is 0.819. The van der Waals surface area contributed by atoms with Crippen LogP contribution in [0.1, 0.15) is 58.9 Å². The van der Waals surface area contributed by atoms with E-state index in [9.17, 15) is 4.79 Å². The highest BCUT2D eigenvalue weighted by atomic mass is 16.6. The third-order valence-corrected chi connectivity index (χ3v) is 4.95. The lowest BCUT2D eigenvalue weighted by atomic mass is 9.74. The van der Waals surface area contributed by atoms with Crippen LogP contribution in [0, 0.1) is 5.41 Å². The van der Waals surface area contributed by atoms with Gasteiger partial charge in [0.05, 0.1) is 0 Å². The van der Waals surface area contributed by atoms with Crippen molar-refractivity contribution in [3.63, 3.8) is 0 Å². The zero-order valence-corrected chi connectivity index (χ0v) is 16.3. The Bertz CT molecular complexity index is 529.